The van der Waals surface area contributed by atoms with Gasteiger partial charge in [0.05, 0.1) is 0 Å². The van der Waals surface area contributed by atoms with Gasteiger partial charge in [0.15, 0.2) is 0 Å². The van der Waals surface area contributed by atoms with Crippen molar-refractivity contribution in [3.63, 3.8) is 0 Å². The highest BCUT2D eigenvalue weighted by Crippen LogP contribution is 2.45. The van der Waals surface area contributed by atoms with E-state index in [4.69, 9.17) is 4.74 Å². The smallest absolute Gasteiger partial charge is 0.120 e. The third kappa shape index (κ3) is 3.10. The van der Waals surface area contributed by atoms with Gasteiger partial charge >= 0.3 is 0 Å². The first-order chi connectivity index (χ1) is 9.15. The highest BCUT2D eigenvalue weighted by Gasteiger charge is 2.31. The fraction of sp³-hybridized carbons (Fsp3) is 0.625. The quantitative estimate of drug-likeness (QED) is 0.774. The number of phenols is 1. The molecule has 3 nitrogen and oxygen atoms in total. The molecule has 2 rings (SSSR count). The van der Waals surface area contributed by atoms with Crippen molar-refractivity contribution in [1.82, 2.24) is 5.32 Å². The van der Waals surface area contributed by atoms with E-state index in [2.05, 4.69) is 19.2 Å². The predicted molar refractivity (Wildman–Crippen MR) is 77.7 cm³/mol. The summed E-state index contributed by atoms with van der Waals surface area (Å²) < 4.78 is 5.05. The van der Waals surface area contributed by atoms with Crippen molar-refractivity contribution in [2.45, 2.75) is 45.1 Å². The number of ether oxygens (including phenoxy) is 1. The number of phenolic OH excluding ortho intramolecular Hbond substituents is 1. The topological polar surface area (TPSA) is 41.5 Å². The van der Waals surface area contributed by atoms with Gasteiger partial charge in [-0.25, -0.2) is 0 Å². The molecule has 19 heavy (non-hydrogen) atoms. The molecule has 1 aromatic rings. The third-order valence-corrected chi connectivity index (χ3v) is 4.08. The van der Waals surface area contributed by atoms with Crippen LogP contribution in [-0.4, -0.2) is 25.4 Å². The normalized spacial score (nSPS) is 21.6. The van der Waals surface area contributed by atoms with Crippen LogP contribution in [0.5, 0.6) is 5.75 Å². The summed E-state index contributed by atoms with van der Waals surface area (Å²) in [4.78, 5) is 0. The molecule has 0 saturated carbocycles. The molecule has 2 unspecified atom stereocenters. The van der Waals surface area contributed by atoms with Crippen LogP contribution < -0.4 is 5.32 Å². The van der Waals surface area contributed by atoms with Crippen LogP contribution in [0.2, 0.25) is 0 Å². The summed E-state index contributed by atoms with van der Waals surface area (Å²) in [5, 5.41) is 13.7. The molecule has 0 amide bonds. The van der Waals surface area contributed by atoms with Crippen LogP contribution in [0.3, 0.4) is 0 Å². The van der Waals surface area contributed by atoms with Crippen LogP contribution >= 0.6 is 0 Å². The number of hydrogen-bond acceptors (Lipinski definition) is 3. The lowest BCUT2D eigenvalue weighted by Gasteiger charge is -2.15. The first-order valence-corrected chi connectivity index (χ1v) is 7.19. The largest absolute Gasteiger partial charge is 0.508 e. The summed E-state index contributed by atoms with van der Waals surface area (Å²) in [7, 11) is 1.74. The van der Waals surface area contributed by atoms with Crippen LogP contribution in [0.4, 0.5) is 0 Å². The Balaban J connectivity index is 2.01. The van der Waals surface area contributed by atoms with Crippen LogP contribution in [-0.2, 0) is 4.74 Å². The summed E-state index contributed by atoms with van der Waals surface area (Å²) in [6.45, 7) is 6.19. The van der Waals surface area contributed by atoms with Crippen molar-refractivity contribution >= 4 is 0 Å². The zero-order chi connectivity index (χ0) is 13.8. The van der Waals surface area contributed by atoms with Crippen molar-refractivity contribution in [1.29, 1.82) is 0 Å². The highest BCUT2D eigenvalue weighted by molar-refractivity contribution is 5.50. The lowest BCUT2D eigenvalue weighted by Crippen LogP contribution is -2.21. The van der Waals surface area contributed by atoms with E-state index in [9.17, 15) is 5.11 Å². The summed E-state index contributed by atoms with van der Waals surface area (Å²) in [6, 6.07) is 4.14. The average Bonchev–Trinajstić information content (AvgIpc) is 2.72. The number of nitrogens with one attached hydrogen (secondary N) is 1. The Bertz CT molecular complexity index is 431. The van der Waals surface area contributed by atoms with E-state index in [1.165, 1.54) is 11.1 Å². The van der Waals surface area contributed by atoms with Gasteiger partial charge in [-0.1, -0.05) is 13.0 Å². The Morgan fingerprint density at radius 1 is 1.32 bits per heavy atom. The van der Waals surface area contributed by atoms with Crippen molar-refractivity contribution in [2.75, 3.05) is 20.3 Å². The maximum absolute atomic E-state index is 10.1. The van der Waals surface area contributed by atoms with Gasteiger partial charge in [0.2, 0.25) is 0 Å². The van der Waals surface area contributed by atoms with Crippen LogP contribution in [0, 0.1) is 6.92 Å². The van der Waals surface area contributed by atoms with E-state index in [1.54, 1.807) is 7.11 Å². The van der Waals surface area contributed by atoms with Crippen LogP contribution in [0.1, 0.15) is 54.8 Å². The minimum atomic E-state index is 0.299. The summed E-state index contributed by atoms with van der Waals surface area (Å²) in [6.07, 6.45) is 3.27. The number of aromatic hydroxyl groups is 1. The average molecular weight is 263 g/mol. The number of unbranched alkanes of at least 4 members (excludes halogenated alkanes) is 1. The standard InChI is InChI=1S/C16H25NO2/c1-11-6-7-14(18)16-13(10-12(2)15(11)16)17-8-4-5-9-19-3/h6-7,12-13,17-18H,4-5,8-10H2,1-3H3. The van der Waals surface area contributed by atoms with Gasteiger partial charge in [0.25, 0.3) is 0 Å². The van der Waals surface area contributed by atoms with Crippen molar-refractivity contribution < 1.29 is 9.84 Å². The second-order valence-corrected chi connectivity index (χ2v) is 5.57. The molecule has 0 heterocycles. The van der Waals surface area contributed by atoms with Crippen molar-refractivity contribution in [3.8, 4) is 5.75 Å². The molecule has 1 aliphatic carbocycles. The molecule has 0 bridgehead atoms. The highest BCUT2D eigenvalue weighted by atomic mass is 16.5. The predicted octanol–water partition coefficient (Wildman–Crippen LogP) is 3.27. The van der Waals surface area contributed by atoms with Gasteiger partial charge < -0.3 is 15.2 Å². The number of hydrogen-bond donors (Lipinski definition) is 2. The van der Waals surface area contributed by atoms with E-state index in [1.807, 2.05) is 12.1 Å². The van der Waals surface area contributed by atoms with E-state index in [0.29, 0.717) is 17.7 Å². The second-order valence-electron chi connectivity index (χ2n) is 5.57. The molecule has 1 aromatic carbocycles. The van der Waals surface area contributed by atoms with Gasteiger partial charge in [-0.05, 0) is 55.8 Å². The Kier molecular flexibility index (Phi) is 4.83. The van der Waals surface area contributed by atoms with Crippen LogP contribution in [0.15, 0.2) is 12.1 Å². The SMILES string of the molecule is COCCCCNC1CC(C)c2c(C)ccc(O)c21. The maximum atomic E-state index is 10.1. The molecule has 0 aliphatic heterocycles. The molecular formula is C16H25NO2. The number of methoxy groups -OCH3 is 1. The van der Waals surface area contributed by atoms with E-state index >= 15 is 0 Å². The van der Waals surface area contributed by atoms with Gasteiger partial charge in [-0.3, -0.25) is 0 Å². The van der Waals surface area contributed by atoms with Gasteiger partial charge in [-0.2, -0.15) is 0 Å². The first-order valence-electron chi connectivity index (χ1n) is 7.19. The molecule has 0 fully saturated rings. The van der Waals surface area contributed by atoms with Crippen LogP contribution in [0.25, 0.3) is 0 Å². The fourth-order valence-electron chi connectivity index (χ4n) is 3.18. The molecule has 2 atom stereocenters. The molecule has 1 aliphatic rings. The van der Waals surface area contributed by atoms with E-state index in [-0.39, 0.29) is 0 Å². The van der Waals surface area contributed by atoms with Gasteiger partial charge in [0, 0.05) is 25.3 Å². The monoisotopic (exact) mass is 263 g/mol. The molecule has 2 N–H and O–H groups in total. The van der Waals surface area contributed by atoms with Crippen molar-refractivity contribution in [3.05, 3.63) is 28.8 Å². The molecule has 0 radical (unpaired) electrons. The fourth-order valence-corrected chi connectivity index (χ4v) is 3.18. The maximum Gasteiger partial charge on any atom is 0.120 e. The minimum absolute atomic E-state index is 0.299. The molecule has 3 heteroatoms. The summed E-state index contributed by atoms with van der Waals surface area (Å²) >= 11 is 0. The molecule has 0 spiro atoms. The minimum Gasteiger partial charge on any atom is -0.508 e. The Labute approximate surface area is 116 Å². The first kappa shape index (κ1) is 14.4. The molecule has 106 valence electrons. The number of rotatable bonds is 6. The Morgan fingerprint density at radius 3 is 2.84 bits per heavy atom. The van der Waals surface area contributed by atoms with E-state index in [0.717, 1.165) is 38.0 Å². The van der Waals surface area contributed by atoms with Crippen molar-refractivity contribution in [2.24, 2.45) is 0 Å². The molecular weight excluding hydrogens is 238 g/mol. The number of aryl methyl sites for hydroxylation is 1. The second kappa shape index (κ2) is 6.40. The van der Waals surface area contributed by atoms with Gasteiger partial charge in [0.1, 0.15) is 5.75 Å². The lowest BCUT2D eigenvalue weighted by atomic mass is 9.97. The molecule has 0 saturated heterocycles. The Morgan fingerprint density at radius 2 is 2.11 bits per heavy atom. The number of benzene rings is 1. The zero-order valence-corrected chi connectivity index (χ0v) is 12.2. The number of fused-ring (bicyclic) bond motifs is 1. The summed E-state index contributed by atoms with van der Waals surface area (Å²) in [5.41, 5.74) is 3.76. The van der Waals surface area contributed by atoms with E-state index < -0.39 is 0 Å². The third-order valence-electron chi connectivity index (χ3n) is 4.08. The van der Waals surface area contributed by atoms with Gasteiger partial charge in [-0.15, -0.1) is 0 Å². The molecule has 0 aromatic heterocycles. The Hall–Kier alpha value is -1.06. The summed E-state index contributed by atoms with van der Waals surface area (Å²) in [5.74, 6) is 0.970. The lowest BCUT2D eigenvalue weighted by molar-refractivity contribution is 0.192. The zero-order valence-electron chi connectivity index (χ0n) is 12.2.